The Balaban J connectivity index is 1.77. The lowest BCUT2D eigenvalue weighted by molar-refractivity contribution is -0.185. The van der Waals surface area contributed by atoms with Gasteiger partial charge < -0.3 is 19.9 Å². The van der Waals surface area contributed by atoms with Gasteiger partial charge in [-0.1, -0.05) is 18.2 Å². The molecule has 2 heterocycles. The fourth-order valence-corrected chi connectivity index (χ4v) is 3.97. The number of rotatable bonds is 8. The Bertz CT molecular complexity index is 1200. The molecule has 4 rings (SSSR count). The lowest BCUT2D eigenvalue weighted by Crippen LogP contribution is -2.46. The summed E-state index contributed by atoms with van der Waals surface area (Å²) in [6, 6.07) is 7.86. The number of anilines is 1. The Labute approximate surface area is 192 Å². The molecule has 3 aromatic rings. The predicted octanol–water partition coefficient (Wildman–Crippen LogP) is 5.65. The Morgan fingerprint density at radius 3 is 2.47 bits per heavy atom. The first-order chi connectivity index (χ1) is 16.1. The summed E-state index contributed by atoms with van der Waals surface area (Å²) in [6.45, 7) is 2.42. The number of aliphatic hydroxyl groups is 1. The lowest BCUT2D eigenvalue weighted by Gasteiger charge is -2.37. The number of nitrogens with zero attached hydrogens (tertiary/aromatic N) is 1. The van der Waals surface area contributed by atoms with Gasteiger partial charge in [-0.2, -0.15) is 0 Å². The van der Waals surface area contributed by atoms with Gasteiger partial charge in [0.1, 0.15) is 23.8 Å². The van der Waals surface area contributed by atoms with E-state index in [-0.39, 0.29) is 30.1 Å². The van der Waals surface area contributed by atoms with E-state index in [1.54, 1.807) is 26.0 Å². The number of aromatic nitrogens is 1. The molecule has 10 heteroatoms. The Hall–Kier alpha value is -2.98. The van der Waals surface area contributed by atoms with Gasteiger partial charge in [0.15, 0.2) is 0 Å². The van der Waals surface area contributed by atoms with E-state index >= 15 is 0 Å². The minimum Gasteiger partial charge on any atom is -0.487 e. The number of hydrogen-bond donors (Lipinski definition) is 2. The van der Waals surface area contributed by atoms with Crippen LogP contribution in [-0.4, -0.2) is 36.3 Å². The highest BCUT2D eigenvalue weighted by Gasteiger charge is 2.41. The number of benzene rings is 2. The van der Waals surface area contributed by atoms with Crippen molar-refractivity contribution >= 4 is 16.6 Å². The summed E-state index contributed by atoms with van der Waals surface area (Å²) in [4.78, 5) is 4.43. The van der Waals surface area contributed by atoms with Crippen LogP contribution in [0.5, 0.6) is 5.75 Å². The zero-order chi connectivity index (χ0) is 24.6. The molecule has 0 spiro atoms. The lowest BCUT2D eigenvalue weighted by atomic mass is 9.89. The Morgan fingerprint density at radius 1 is 1.15 bits per heavy atom. The van der Waals surface area contributed by atoms with E-state index in [1.807, 2.05) is 0 Å². The molecule has 0 amide bonds. The van der Waals surface area contributed by atoms with Gasteiger partial charge in [-0.15, -0.1) is 0 Å². The Morgan fingerprint density at radius 2 is 1.85 bits per heavy atom. The third-order valence-corrected chi connectivity index (χ3v) is 5.72. The predicted molar refractivity (Wildman–Crippen MR) is 116 cm³/mol. The molecule has 5 nitrogen and oxygen atoms in total. The average molecular weight is 482 g/mol. The highest BCUT2D eigenvalue weighted by atomic mass is 19.3. The molecule has 34 heavy (non-hydrogen) atoms. The van der Waals surface area contributed by atoms with E-state index in [9.17, 15) is 27.1 Å². The van der Waals surface area contributed by atoms with E-state index in [1.165, 1.54) is 18.2 Å². The second kappa shape index (κ2) is 9.34. The van der Waals surface area contributed by atoms with Gasteiger partial charge in [0.05, 0.1) is 30.3 Å². The molecular weight excluding hydrogens is 459 g/mol. The molecular formula is C24H23F5N2O3. The van der Waals surface area contributed by atoms with Crippen LogP contribution in [0.3, 0.4) is 0 Å². The largest absolute Gasteiger partial charge is 0.487 e. The summed E-state index contributed by atoms with van der Waals surface area (Å²) in [6.07, 6.45) is -5.66. The smallest absolute Gasteiger partial charge is 0.272 e. The number of pyridine rings is 1. The van der Waals surface area contributed by atoms with Crippen molar-refractivity contribution < 1.29 is 36.5 Å². The molecule has 0 radical (unpaired) electrons. The molecule has 0 aliphatic carbocycles. The molecule has 1 aromatic heterocycles. The van der Waals surface area contributed by atoms with Gasteiger partial charge >= 0.3 is 0 Å². The quantitative estimate of drug-likeness (QED) is 0.406. The van der Waals surface area contributed by atoms with Crippen molar-refractivity contribution in [1.29, 1.82) is 0 Å². The normalized spacial score (nSPS) is 16.1. The number of hydrogen-bond acceptors (Lipinski definition) is 5. The van der Waals surface area contributed by atoms with Gasteiger partial charge in [0.25, 0.3) is 12.9 Å². The van der Waals surface area contributed by atoms with Crippen molar-refractivity contribution in [2.24, 2.45) is 0 Å². The maximum absolute atomic E-state index is 14.7. The van der Waals surface area contributed by atoms with Gasteiger partial charge in [-0.3, -0.25) is 4.98 Å². The standard InChI is InChI=1S/C24H23F5N2O3/c1-12-6-18(31-13(2)14-4-3-5-15(22(14)27)23(28)29)16-7-17(24(32)10-33-11-24)20(8-19(16)30-12)34-9-21(25)26/h3-8,13,21,23,32H,9-11H2,1-2H3,(H,30,31). The highest BCUT2D eigenvalue weighted by molar-refractivity contribution is 5.93. The number of fused-ring (bicyclic) bond motifs is 1. The van der Waals surface area contributed by atoms with Crippen LogP contribution in [0, 0.1) is 12.7 Å². The van der Waals surface area contributed by atoms with E-state index in [0.29, 0.717) is 22.3 Å². The molecule has 1 aliphatic rings. The molecule has 1 saturated heterocycles. The van der Waals surface area contributed by atoms with Crippen LogP contribution in [-0.2, 0) is 10.3 Å². The van der Waals surface area contributed by atoms with Crippen LogP contribution < -0.4 is 10.1 Å². The van der Waals surface area contributed by atoms with Gasteiger partial charge in [0, 0.05) is 34.0 Å². The minimum absolute atomic E-state index is 0.0341. The summed E-state index contributed by atoms with van der Waals surface area (Å²) in [7, 11) is 0. The van der Waals surface area contributed by atoms with Gasteiger partial charge in [0.2, 0.25) is 0 Å². The third-order valence-electron chi connectivity index (χ3n) is 5.72. The number of alkyl halides is 4. The van der Waals surface area contributed by atoms with Crippen LogP contribution in [0.15, 0.2) is 36.4 Å². The zero-order valence-corrected chi connectivity index (χ0v) is 18.4. The van der Waals surface area contributed by atoms with Crippen molar-refractivity contribution in [3.05, 3.63) is 64.6 Å². The summed E-state index contributed by atoms with van der Waals surface area (Å²) in [5, 5.41) is 14.5. The maximum atomic E-state index is 14.7. The number of halogens is 5. The molecule has 2 aromatic carbocycles. The SMILES string of the molecule is Cc1cc(NC(C)c2cccc(C(F)F)c2F)c2cc(C3(O)COC3)c(OCC(F)F)cc2n1. The third kappa shape index (κ3) is 4.65. The van der Waals surface area contributed by atoms with Gasteiger partial charge in [-0.25, -0.2) is 22.0 Å². The van der Waals surface area contributed by atoms with Crippen molar-refractivity contribution in [3.8, 4) is 5.75 Å². The first-order valence-electron chi connectivity index (χ1n) is 10.6. The summed E-state index contributed by atoms with van der Waals surface area (Å²) < 4.78 is 76.9. The second-order valence-corrected chi connectivity index (χ2v) is 8.32. The minimum atomic E-state index is -2.95. The molecule has 1 unspecified atom stereocenters. The molecule has 1 fully saturated rings. The van der Waals surface area contributed by atoms with Crippen LogP contribution in [0.1, 0.15) is 41.8 Å². The van der Waals surface area contributed by atoms with E-state index in [4.69, 9.17) is 9.47 Å². The van der Waals surface area contributed by atoms with E-state index in [2.05, 4.69) is 10.3 Å². The average Bonchev–Trinajstić information content (AvgIpc) is 2.75. The maximum Gasteiger partial charge on any atom is 0.272 e. The summed E-state index contributed by atoms with van der Waals surface area (Å²) in [5.41, 5.74) is -0.310. The fraction of sp³-hybridized carbons (Fsp3) is 0.375. The second-order valence-electron chi connectivity index (χ2n) is 8.32. The number of ether oxygens (including phenoxy) is 2. The molecule has 1 aliphatic heterocycles. The van der Waals surface area contributed by atoms with Crippen LogP contribution in [0.25, 0.3) is 10.9 Å². The van der Waals surface area contributed by atoms with Crippen molar-refractivity contribution in [3.63, 3.8) is 0 Å². The van der Waals surface area contributed by atoms with E-state index in [0.717, 1.165) is 6.07 Å². The highest BCUT2D eigenvalue weighted by Crippen LogP contribution is 2.40. The first kappa shape index (κ1) is 24.2. The zero-order valence-electron chi connectivity index (χ0n) is 18.4. The summed E-state index contributed by atoms with van der Waals surface area (Å²) in [5.74, 6) is -0.928. The van der Waals surface area contributed by atoms with Crippen LogP contribution in [0.4, 0.5) is 27.6 Å². The molecule has 1 atom stereocenters. The number of nitrogens with one attached hydrogen (secondary N) is 1. The molecule has 2 N–H and O–H groups in total. The van der Waals surface area contributed by atoms with Gasteiger partial charge in [-0.05, 0) is 26.0 Å². The molecule has 0 saturated carbocycles. The number of aryl methyl sites for hydroxylation is 1. The Kier molecular flexibility index (Phi) is 6.64. The van der Waals surface area contributed by atoms with Crippen molar-refractivity contribution in [1.82, 2.24) is 4.98 Å². The summed E-state index contributed by atoms with van der Waals surface area (Å²) >= 11 is 0. The topological polar surface area (TPSA) is 63.6 Å². The van der Waals surface area contributed by atoms with Crippen LogP contribution >= 0.6 is 0 Å². The fourth-order valence-electron chi connectivity index (χ4n) is 3.97. The molecule has 0 bridgehead atoms. The van der Waals surface area contributed by atoms with E-state index < -0.39 is 42.5 Å². The monoisotopic (exact) mass is 482 g/mol. The van der Waals surface area contributed by atoms with Crippen LogP contribution in [0.2, 0.25) is 0 Å². The molecule has 182 valence electrons. The first-order valence-corrected chi connectivity index (χ1v) is 10.6. The van der Waals surface area contributed by atoms with Crippen molar-refractivity contribution in [2.75, 3.05) is 25.1 Å². The van der Waals surface area contributed by atoms with Crippen molar-refractivity contribution in [2.45, 2.75) is 38.3 Å².